The molecule has 1 heterocycles. The molecule has 1 aromatic rings. The smallest absolute Gasteiger partial charge is 0.119 e. The third kappa shape index (κ3) is 6.33. The zero-order chi connectivity index (χ0) is 11.5. The molecule has 0 spiro atoms. The van der Waals surface area contributed by atoms with E-state index in [0.29, 0.717) is 0 Å². The molecule has 2 heteroatoms. The van der Waals surface area contributed by atoms with Crippen LogP contribution in [0.4, 0.5) is 0 Å². The lowest BCUT2D eigenvalue weighted by Gasteiger charge is -2.01. The van der Waals surface area contributed by atoms with Crippen LogP contribution in [0.5, 0.6) is 0 Å². The number of carbonyl (C=O) groups excluding carboxylic acids is 1. The number of hydrogen-bond donors (Lipinski definition) is 0. The van der Waals surface area contributed by atoms with E-state index in [1.54, 1.807) is 0 Å². The molecule has 0 fully saturated rings. The average Bonchev–Trinajstić information content (AvgIpc) is 2.34. The van der Waals surface area contributed by atoms with Crippen LogP contribution in [0.15, 0.2) is 24.5 Å². The van der Waals surface area contributed by atoms with Gasteiger partial charge in [-0.25, -0.2) is 0 Å². The Morgan fingerprint density at radius 2 is 1.81 bits per heavy atom. The minimum absolute atomic E-state index is 0.732. The third-order valence-electron chi connectivity index (χ3n) is 2.76. The van der Waals surface area contributed by atoms with Crippen LogP contribution in [0.3, 0.4) is 0 Å². The van der Waals surface area contributed by atoms with Crippen molar-refractivity contribution < 1.29 is 4.79 Å². The average molecular weight is 219 g/mol. The van der Waals surface area contributed by atoms with Crippen molar-refractivity contribution in [2.24, 2.45) is 0 Å². The second kappa shape index (κ2) is 9.08. The van der Waals surface area contributed by atoms with E-state index in [4.69, 9.17) is 0 Å². The molecule has 0 aliphatic rings. The van der Waals surface area contributed by atoms with Gasteiger partial charge in [-0.1, -0.05) is 31.7 Å². The number of aryl methyl sites for hydroxylation is 1. The molecule has 0 atom stereocenters. The summed E-state index contributed by atoms with van der Waals surface area (Å²) < 4.78 is 0. The fourth-order valence-corrected chi connectivity index (χ4v) is 1.81. The molecular weight excluding hydrogens is 198 g/mol. The quantitative estimate of drug-likeness (QED) is 0.469. The van der Waals surface area contributed by atoms with Gasteiger partial charge in [0.2, 0.25) is 0 Å². The van der Waals surface area contributed by atoms with Gasteiger partial charge in [0.1, 0.15) is 6.29 Å². The van der Waals surface area contributed by atoms with Gasteiger partial charge in [-0.2, -0.15) is 0 Å². The Morgan fingerprint density at radius 1 is 1.06 bits per heavy atom. The molecule has 16 heavy (non-hydrogen) atoms. The number of aldehydes is 1. The van der Waals surface area contributed by atoms with Crippen LogP contribution in [0.25, 0.3) is 0 Å². The molecule has 1 aromatic heterocycles. The Bertz CT molecular complexity index is 271. The second-order valence-corrected chi connectivity index (χ2v) is 4.19. The maximum atomic E-state index is 10.1. The van der Waals surface area contributed by atoms with E-state index in [2.05, 4.69) is 11.1 Å². The van der Waals surface area contributed by atoms with Crippen molar-refractivity contribution in [3.8, 4) is 0 Å². The van der Waals surface area contributed by atoms with Gasteiger partial charge >= 0.3 is 0 Å². The number of aromatic nitrogens is 1. The first-order chi connectivity index (χ1) is 7.93. The van der Waals surface area contributed by atoms with Crippen LogP contribution in [0, 0.1) is 0 Å². The van der Waals surface area contributed by atoms with Crippen molar-refractivity contribution in [3.63, 3.8) is 0 Å². The van der Waals surface area contributed by atoms with Crippen LogP contribution in [-0.4, -0.2) is 11.3 Å². The molecule has 0 saturated heterocycles. The van der Waals surface area contributed by atoms with Crippen molar-refractivity contribution in [1.29, 1.82) is 0 Å². The lowest BCUT2D eigenvalue weighted by atomic mass is 10.1. The molecule has 88 valence electrons. The molecule has 0 saturated carbocycles. The van der Waals surface area contributed by atoms with Crippen LogP contribution in [-0.2, 0) is 11.2 Å². The maximum absolute atomic E-state index is 10.1. The number of rotatable bonds is 9. The summed E-state index contributed by atoms with van der Waals surface area (Å²) in [6, 6.07) is 4.13. The molecule has 0 unspecified atom stereocenters. The van der Waals surface area contributed by atoms with Gasteiger partial charge in [0.25, 0.3) is 0 Å². The monoisotopic (exact) mass is 219 g/mol. The summed E-state index contributed by atoms with van der Waals surface area (Å²) in [6.07, 6.45) is 14.0. The van der Waals surface area contributed by atoms with Crippen LogP contribution in [0.2, 0.25) is 0 Å². The van der Waals surface area contributed by atoms with Crippen LogP contribution >= 0.6 is 0 Å². The molecule has 0 N–H and O–H groups in total. The summed E-state index contributed by atoms with van der Waals surface area (Å²) in [5.74, 6) is 0. The number of pyridine rings is 1. The van der Waals surface area contributed by atoms with E-state index in [1.165, 1.54) is 37.7 Å². The highest BCUT2D eigenvalue weighted by Gasteiger charge is 1.93. The van der Waals surface area contributed by atoms with Gasteiger partial charge in [0, 0.05) is 18.8 Å². The highest BCUT2D eigenvalue weighted by molar-refractivity contribution is 5.48. The number of unbranched alkanes of at least 4 members (excludes halogenated alkanes) is 6. The first kappa shape index (κ1) is 12.9. The summed E-state index contributed by atoms with van der Waals surface area (Å²) in [4.78, 5) is 14.2. The highest BCUT2D eigenvalue weighted by Crippen LogP contribution is 2.09. The molecule has 2 nitrogen and oxygen atoms in total. The van der Waals surface area contributed by atoms with Crippen molar-refractivity contribution in [1.82, 2.24) is 4.98 Å². The molecule has 0 aromatic carbocycles. The summed E-state index contributed by atoms with van der Waals surface area (Å²) in [5.41, 5.74) is 1.34. The van der Waals surface area contributed by atoms with E-state index in [-0.39, 0.29) is 0 Å². The molecule has 0 aliphatic carbocycles. The SMILES string of the molecule is O=CCCCCCCCCc1cccnc1. The number of hydrogen-bond acceptors (Lipinski definition) is 2. The Labute approximate surface area is 98.1 Å². The molecule has 0 radical (unpaired) electrons. The maximum Gasteiger partial charge on any atom is 0.119 e. The summed E-state index contributed by atoms with van der Waals surface area (Å²) in [6.45, 7) is 0. The van der Waals surface area contributed by atoms with Crippen molar-refractivity contribution in [2.75, 3.05) is 0 Å². The topological polar surface area (TPSA) is 30.0 Å². The highest BCUT2D eigenvalue weighted by atomic mass is 16.1. The van der Waals surface area contributed by atoms with Gasteiger partial charge in [-0.05, 0) is 30.9 Å². The Hall–Kier alpha value is -1.18. The van der Waals surface area contributed by atoms with Crippen molar-refractivity contribution in [2.45, 2.75) is 51.4 Å². The van der Waals surface area contributed by atoms with E-state index in [1.807, 2.05) is 18.5 Å². The number of carbonyl (C=O) groups is 1. The summed E-state index contributed by atoms with van der Waals surface area (Å²) >= 11 is 0. The second-order valence-electron chi connectivity index (χ2n) is 4.19. The standard InChI is InChI=1S/C14H21NO/c16-12-7-5-3-1-2-4-6-9-14-10-8-11-15-13-14/h8,10-13H,1-7,9H2. The lowest BCUT2D eigenvalue weighted by Crippen LogP contribution is -1.87. The first-order valence-electron chi connectivity index (χ1n) is 6.26. The lowest BCUT2D eigenvalue weighted by molar-refractivity contribution is -0.107. The van der Waals surface area contributed by atoms with Gasteiger partial charge in [0.05, 0.1) is 0 Å². The van der Waals surface area contributed by atoms with Gasteiger partial charge in [-0.3, -0.25) is 4.98 Å². The van der Waals surface area contributed by atoms with E-state index >= 15 is 0 Å². The Balaban J connectivity index is 1.90. The molecule has 0 aliphatic heterocycles. The van der Waals surface area contributed by atoms with E-state index in [0.717, 1.165) is 25.5 Å². The fourth-order valence-electron chi connectivity index (χ4n) is 1.81. The van der Waals surface area contributed by atoms with Gasteiger partial charge in [0.15, 0.2) is 0 Å². The summed E-state index contributed by atoms with van der Waals surface area (Å²) in [7, 11) is 0. The van der Waals surface area contributed by atoms with Gasteiger partial charge < -0.3 is 4.79 Å². The van der Waals surface area contributed by atoms with Crippen LogP contribution in [0.1, 0.15) is 50.5 Å². The van der Waals surface area contributed by atoms with Crippen LogP contribution < -0.4 is 0 Å². The zero-order valence-electron chi connectivity index (χ0n) is 9.90. The van der Waals surface area contributed by atoms with Crippen molar-refractivity contribution in [3.05, 3.63) is 30.1 Å². The first-order valence-corrected chi connectivity index (χ1v) is 6.26. The van der Waals surface area contributed by atoms with E-state index in [9.17, 15) is 4.79 Å². The molecule has 0 amide bonds. The fraction of sp³-hybridized carbons (Fsp3) is 0.571. The van der Waals surface area contributed by atoms with Crippen molar-refractivity contribution >= 4 is 6.29 Å². The predicted molar refractivity (Wildman–Crippen MR) is 66.3 cm³/mol. The Kier molecular flexibility index (Phi) is 7.31. The molecular formula is C14H21NO. The van der Waals surface area contributed by atoms with Gasteiger partial charge in [-0.15, -0.1) is 0 Å². The third-order valence-corrected chi connectivity index (χ3v) is 2.76. The molecule has 1 rings (SSSR count). The largest absolute Gasteiger partial charge is 0.303 e. The molecule has 0 bridgehead atoms. The van der Waals surface area contributed by atoms with E-state index < -0.39 is 0 Å². The zero-order valence-corrected chi connectivity index (χ0v) is 9.90. The predicted octanol–water partition coefficient (Wildman–Crippen LogP) is 3.55. The summed E-state index contributed by atoms with van der Waals surface area (Å²) in [5, 5.41) is 0. The Morgan fingerprint density at radius 3 is 2.50 bits per heavy atom. The minimum atomic E-state index is 0.732. The normalized spacial score (nSPS) is 10.2. The number of nitrogens with zero attached hydrogens (tertiary/aromatic N) is 1. The minimum Gasteiger partial charge on any atom is -0.303 e.